The van der Waals surface area contributed by atoms with Crippen LogP contribution >= 0.6 is 11.6 Å². The highest BCUT2D eigenvalue weighted by molar-refractivity contribution is 6.30. The predicted molar refractivity (Wildman–Crippen MR) is 65.2 cm³/mol. The van der Waals surface area contributed by atoms with Gasteiger partial charge in [-0.15, -0.1) is 0 Å². The smallest absolute Gasteiger partial charge is 0.0406 e. The molecule has 1 saturated heterocycles. The maximum absolute atomic E-state index is 5.88. The van der Waals surface area contributed by atoms with Gasteiger partial charge in [0, 0.05) is 24.0 Å². The quantitative estimate of drug-likeness (QED) is 0.737. The Hall–Kier alpha value is -0.950. The first-order valence-electron chi connectivity index (χ1n) is 5.41. The molecule has 1 unspecified atom stereocenters. The van der Waals surface area contributed by atoms with Crippen LogP contribution in [0.3, 0.4) is 0 Å². The zero-order chi connectivity index (χ0) is 10.7. The van der Waals surface area contributed by atoms with Crippen molar-refractivity contribution in [3.63, 3.8) is 0 Å². The molecule has 1 fully saturated rings. The summed E-state index contributed by atoms with van der Waals surface area (Å²) in [4.78, 5) is 2.29. The van der Waals surface area contributed by atoms with Crippen LogP contribution in [0.5, 0.6) is 0 Å². The molecule has 1 aliphatic rings. The minimum Gasteiger partial charge on any atom is -0.377 e. The Morgan fingerprint density at radius 1 is 1.33 bits per heavy atom. The summed E-state index contributed by atoms with van der Waals surface area (Å²) >= 11 is 5.88. The molecule has 1 aliphatic heterocycles. The third-order valence-corrected chi connectivity index (χ3v) is 3.30. The molecular weight excluding hydrogens is 206 g/mol. The summed E-state index contributed by atoms with van der Waals surface area (Å²) in [5, 5.41) is 0.815. The van der Waals surface area contributed by atoms with E-state index in [1.54, 1.807) is 0 Å². The molecule has 2 heteroatoms. The number of benzene rings is 1. The zero-order valence-electron chi connectivity index (χ0n) is 8.82. The van der Waals surface area contributed by atoms with Crippen LogP contribution in [0.25, 0.3) is 0 Å². The van der Waals surface area contributed by atoms with E-state index in [4.69, 9.17) is 11.6 Å². The minimum absolute atomic E-state index is 0.633. The molecule has 15 heavy (non-hydrogen) atoms. The highest BCUT2D eigenvalue weighted by Gasteiger charge is 2.18. The number of hydrogen-bond donors (Lipinski definition) is 0. The number of likely N-dealkylation sites (tertiary alicyclic amines) is 1. The fraction of sp³-hybridized carbons (Fsp3) is 0.385. The SMILES string of the molecule is C=CN1CCCC(c2ccc(Cl)cc2)C1. The van der Waals surface area contributed by atoms with Crippen LogP contribution in [0.2, 0.25) is 5.02 Å². The van der Waals surface area contributed by atoms with Crippen LogP contribution in [-0.2, 0) is 0 Å². The van der Waals surface area contributed by atoms with Gasteiger partial charge in [0.05, 0.1) is 0 Å². The van der Waals surface area contributed by atoms with Gasteiger partial charge in [-0.2, -0.15) is 0 Å². The number of rotatable bonds is 2. The van der Waals surface area contributed by atoms with Gasteiger partial charge in [0.2, 0.25) is 0 Å². The third-order valence-electron chi connectivity index (χ3n) is 3.05. The summed E-state index contributed by atoms with van der Waals surface area (Å²) in [5.41, 5.74) is 1.39. The van der Waals surface area contributed by atoms with E-state index in [0.29, 0.717) is 5.92 Å². The molecule has 1 aromatic carbocycles. The molecule has 0 aliphatic carbocycles. The Kier molecular flexibility index (Phi) is 3.32. The second-order valence-electron chi connectivity index (χ2n) is 4.07. The molecule has 1 atom stereocenters. The van der Waals surface area contributed by atoms with Gasteiger partial charge < -0.3 is 4.90 Å². The van der Waals surface area contributed by atoms with E-state index in [9.17, 15) is 0 Å². The number of halogens is 1. The summed E-state index contributed by atoms with van der Waals surface area (Å²) in [6.45, 7) is 6.07. The minimum atomic E-state index is 0.633. The van der Waals surface area contributed by atoms with Crippen LogP contribution in [0.4, 0.5) is 0 Å². The van der Waals surface area contributed by atoms with E-state index in [2.05, 4.69) is 23.6 Å². The van der Waals surface area contributed by atoms with Crippen LogP contribution in [0, 0.1) is 0 Å². The van der Waals surface area contributed by atoms with Crippen molar-refractivity contribution in [3.05, 3.63) is 47.6 Å². The van der Waals surface area contributed by atoms with Crippen LogP contribution in [-0.4, -0.2) is 18.0 Å². The van der Waals surface area contributed by atoms with Crippen LogP contribution in [0.1, 0.15) is 24.3 Å². The highest BCUT2D eigenvalue weighted by atomic mass is 35.5. The number of nitrogens with zero attached hydrogens (tertiary/aromatic N) is 1. The Balaban J connectivity index is 2.09. The Morgan fingerprint density at radius 3 is 2.73 bits per heavy atom. The van der Waals surface area contributed by atoms with Crippen molar-refractivity contribution in [2.45, 2.75) is 18.8 Å². The number of piperidine rings is 1. The van der Waals surface area contributed by atoms with Crippen molar-refractivity contribution in [1.82, 2.24) is 4.90 Å². The first kappa shape index (κ1) is 10.6. The summed E-state index contributed by atoms with van der Waals surface area (Å²) in [5.74, 6) is 0.633. The van der Waals surface area contributed by atoms with Gasteiger partial charge in [-0.05, 0) is 36.7 Å². The molecule has 0 radical (unpaired) electrons. The molecule has 1 nitrogen and oxygen atoms in total. The average Bonchev–Trinajstić information content (AvgIpc) is 2.30. The molecule has 0 bridgehead atoms. The Bertz CT molecular complexity index is 331. The van der Waals surface area contributed by atoms with Gasteiger partial charge in [0.1, 0.15) is 0 Å². The van der Waals surface area contributed by atoms with Gasteiger partial charge in [0.25, 0.3) is 0 Å². The van der Waals surface area contributed by atoms with Crippen LogP contribution < -0.4 is 0 Å². The zero-order valence-corrected chi connectivity index (χ0v) is 9.58. The van der Waals surface area contributed by atoms with Crippen molar-refractivity contribution in [3.8, 4) is 0 Å². The van der Waals surface area contributed by atoms with E-state index in [-0.39, 0.29) is 0 Å². The van der Waals surface area contributed by atoms with Gasteiger partial charge >= 0.3 is 0 Å². The molecular formula is C13H16ClN. The molecule has 0 aromatic heterocycles. The molecule has 2 rings (SSSR count). The van der Waals surface area contributed by atoms with Gasteiger partial charge in [-0.1, -0.05) is 30.3 Å². The van der Waals surface area contributed by atoms with Crippen molar-refractivity contribution in [2.75, 3.05) is 13.1 Å². The molecule has 80 valence electrons. The monoisotopic (exact) mass is 221 g/mol. The first-order chi connectivity index (χ1) is 7.29. The average molecular weight is 222 g/mol. The fourth-order valence-corrected chi connectivity index (χ4v) is 2.31. The molecule has 0 N–H and O–H groups in total. The fourth-order valence-electron chi connectivity index (χ4n) is 2.18. The normalized spacial score (nSPS) is 21.4. The topological polar surface area (TPSA) is 3.24 Å². The second kappa shape index (κ2) is 4.71. The lowest BCUT2D eigenvalue weighted by molar-refractivity contribution is 0.280. The van der Waals surface area contributed by atoms with Crippen molar-refractivity contribution >= 4 is 11.6 Å². The molecule has 1 aromatic rings. The van der Waals surface area contributed by atoms with E-state index in [0.717, 1.165) is 18.1 Å². The van der Waals surface area contributed by atoms with E-state index in [1.807, 2.05) is 18.3 Å². The summed E-state index contributed by atoms with van der Waals surface area (Å²) < 4.78 is 0. The predicted octanol–water partition coefficient (Wildman–Crippen LogP) is 3.66. The summed E-state index contributed by atoms with van der Waals surface area (Å²) in [7, 11) is 0. The Morgan fingerprint density at radius 2 is 2.07 bits per heavy atom. The first-order valence-corrected chi connectivity index (χ1v) is 5.79. The van der Waals surface area contributed by atoms with Gasteiger partial charge in [-0.25, -0.2) is 0 Å². The molecule has 1 heterocycles. The maximum atomic E-state index is 5.88. The molecule has 0 amide bonds. The van der Waals surface area contributed by atoms with Gasteiger partial charge in [0.15, 0.2) is 0 Å². The third kappa shape index (κ3) is 2.54. The highest BCUT2D eigenvalue weighted by Crippen LogP contribution is 2.27. The molecule has 0 spiro atoms. The van der Waals surface area contributed by atoms with Crippen LogP contribution in [0.15, 0.2) is 37.0 Å². The lowest BCUT2D eigenvalue weighted by Gasteiger charge is -2.31. The second-order valence-corrected chi connectivity index (χ2v) is 4.50. The van der Waals surface area contributed by atoms with E-state index < -0.39 is 0 Å². The molecule has 0 saturated carbocycles. The van der Waals surface area contributed by atoms with Crippen molar-refractivity contribution in [1.29, 1.82) is 0 Å². The van der Waals surface area contributed by atoms with Crippen molar-refractivity contribution < 1.29 is 0 Å². The van der Waals surface area contributed by atoms with E-state index in [1.165, 1.54) is 18.4 Å². The Labute approximate surface area is 96.4 Å². The summed E-state index contributed by atoms with van der Waals surface area (Å²) in [6.07, 6.45) is 4.47. The largest absolute Gasteiger partial charge is 0.377 e. The standard InChI is InChI=1S/C13H16ClN/c1-2-15-9-3-4-12(10-15)11-5-7-13(14)8-6-11/h2,5-8,12H,1,3-4,9-10H2. The lowest BCUT2D eigenvalue weighted by atomic mass is 9.91. The lowest BCUT2D eigenvalue weighted by Crippen LogP contribution is -2.29. The van der Waals surface area contributed by atoms with E-state index >= 15 is 0 Å². The van der Waals surface area contributed by atoms with Gasteiger partial charge in [-0.3, -0.25) is 0 Å². The number of hydrogen-bond acceptors (Lipinski definition) is 1. The van der Waals surface area contributed by atoms with Crippen molar-refractivity contribution in [2.24, 2.45) is 0 Å². The summed E-state index contributed by atoms with van der Waals surface area (Å²) in [6, 6.07) is 8.23. The maximum Gasteiger partial charge on any atom is 0.0406 e.